The van der Waals surface area contributed by atoms with Gasteiger partial charge < -0.3 is 0 Å². The first-order valence-electron chi connectivity index (χ1n) is 16.8. The summed E-state index contributed by atoms with van der Waals surface area (Å²) in [5, 5.41) is 5.54. The van der Waals surface area contributed by atoms with Crippen molar-refractivity contribution in [2.75, 3.05) is 0 Å². The Hall–Kier alpha value is -3.12. The van der Waals surface area contributed by atoms with E-state index in [0.29, 0.717) is 17.8 Å². The predicted molar refractivity (Wildman–Crippen MR) is 187 cm³/mol. The molecule has 0 heteroatoms. The molecule has 0 heterocycles. The minimum Gasteiger partial charge on any atom is -0.0766 e. The highest BCUT2D eigenvalue weighted by Gasteiger charge is 2.18. The Kier molecular flexibility index (Phi) is 9.72. The van der Waals surface area contributed by atoms with Gasteiger partial charge in [0.2, 0.25) is 0 Å². The van der Waals surface area contributed by atoms with Crippen LogP contribution in [0.5, 0.6) is 0 Å². The van der Waals surface area contributed by atoms with Crippen molar-refractivity contribution in [1.29, 1.82) is 0 Å². The maximum absolute atomic E-state index is 2.55. The van der Waals surface area contributed by atoms with E-state index in [9.17, 15) is 0 Å². The normalized spacial score (nSPS) is 15.1. The first kappa shape index (κ1) is 30.3. The van der Waals surface area contributed by atoms with Crippen LogP contribution in [0.3, 0.4) is 0 Å². The van der Waals surface area contributed by atoms with Crippen molar-refractivity contribution in [3.05, 3.63) is 106 Å². The van der Waals surface area contributed by atoms with Gasteiger partial charge in [0.1, 0.15) is 0 Å². The second-order valence-electron chi connectivity index (χ2n) is 13.6. The molecule has 0 aliphatic heterocycles. The van der Waals surface area contributed by atoms with E-state index in [-0.39, 0.29) is 0 Å². The summed E-state index contributed by atoms with van der Waals surface area (Å²) in [4.78, 5) is 0. The number of allylic oxidation sites excluding steroid dienone is 4. The molecule has 5 rings (SSSR count). The van der Waals surface area contributed by atoms with E-state index in [1.165, 1.54) is 92.6 Å². The van der Waals surface area contributed by atoms with Crippen LogP contribution in [0, 0.1) is 11.8 Å². The van der Waals surface area contributed by atoms with E-state index in [2.05, 4.69) is 121 Å². The number of rotatable bonds is 5. The van der Waals surface area contributed by atoms with Crippen LogP contribution < -0.4 is 0 Å². The second-order valence-corrected chi connectivity index (χ2v) is 13.6. The lowest BCUT2D eigenvalue weighted by Gasteiger charge is -2.21. The minimum absolute atomic E-state index is 0.498. The molecule has 42 heavy (non-hydrogen) atoms. The van der Waals surface area contributed by atoms with Crippen LogP contribution in [0.15, 0.2) is 84.0 Å². The first-order chi connectivity index (χ1) is 20.3. The topological polar surface area (TPSA) is 0 Å². The fourth-order valence-corrected chi connectivity index (χ4v) is 6.83. The standard InChI is InChI=1S/C42H52/c1-8-12-31-15-22-38-37(25-31)21-24-40-39(38)23-20-33-13-10-9-11-14-34(28(2)3)26-35(29(4)5)18-16-32-17-19-36(30(6)7)27-41(32)42(33)40/h15,17-30H,8-14,16H2,1-7H3. The van der Waals surface area contributed by atoms with Crippen molar-refractivity contribution in [3.63, 3.8) is 0 Å². The zero-order valence-corrected chi connectivity index (χ0v) is 27.3. The Morgan fingerprint density at radius 3 is 2.12 bits per heavy atom. The maximum Gasteiger partial charge on any atom is -0.00701 e. The molecule has 0 spiro atoms. The molecule has 0 nitrogen and oxygen atoms in total. The van der Waals surface area contributed by atoms with E-state index >= 15 is 0 Å². The van der Waals surface area contributed by atoms with Crippen LogP contribution in [0.25, 0.3) is 32.7 Å². The molecule has 1 aliphatic rings. The van der Waals surface area contributed by atoms with Gasteiger partial charge in [0.25, 0.3) is 0 Å². The van der Waals surface area contributed by atoms with Crippen LogP contribution in [0.2, 0.25) is 0 Å². The van der Waals surface area contributed by atoms with Crippen molar-refractivity contribution in [1.82, 2.24) is 0 Å². The number of hydrogen-bond acceptors (Lipinski definition) is 0. The molecule has 0 bridgehead atoms. The van der Waals surface area contributed by atoms with Crippen LogP contribution >= 0.6 is 0 Å². The lowest BCUT2D eigenvalue weighted by Crippen LogP contribution is -2.02. The van der Waals surface area contributed by atoms with E-state index in [4.69, 9.17) is 0 Å². The quantitative estimate of drug-likeness (QED) is 0.214. The molecule has 4 aromatic carbocycles. The van der Waals surface area contributed by atoms with Gasteiger partial charge in [-0.15, -0.1) is 0 Å². The Morgan fingerprint density at radius 1 is 0.643 bits per heavy atom. The molecule has 0 aromatic heterocycles. The molecule has 0 saturated heterocycles. The third kappa shape index (κ3) is 6.59. The Labute approximate surface area is 255 Å². The average Bonchev–Trinajstić information content (AvgIpc) is 2.97. The van der Waals surface area contributed by atoms with Gasteiger partial charge in [-0.3, -0.25) is 0 Å². The third-order valence-corrected chi connectivity index (χ3v) is 9.51. The lowest BCUT2D eigenvalue weighted by atomic mass is 9.83. The highest BCUT2D eigenvalue weighted by molar-refractivity contribution is 6.13. The van der Waals surface area contributed by atoms with Crippen LogP contribution in [0.1, 0.15) is 109 Å². The fraction of sp³-hybridized carbons (Fsp3) is 0.429. The summed E-state index contributed by atoms with van der Waals surface area (Å²) < 4.78 is 0. The van der Waals surface area contributed by atoms with Gasteiger partial charge in [-0.05, 0) is 117 Å². The molecule has 0 unspecified atom stereocenters. The van der Waals surface area contributed by atoms with Gasteiger partial charge in [-0.2, -0.15) is 0 Å². The molecule has 0 amide bonds. The van der Waals surface area contributed by atoms with Crippen LogP contribution in [0.4, 0.5) is 0 Å². The number of benzene rings is 4. The van der Waals surface area contributed by atoms with Crippen molar-refractivity contribution < 1.29 is 0 Å². The number of fused-ring (bicyclic) bond motifs is 7. The van der Waals surface area contributed by atoms with Crippen molar-refractivity contribution >= 4 is 21.5 Å². The fourth-order valence-electron chi connectivity index (χ4n) is 6.83. The molecule has 0 saturated carbocycles. The highest BCUT2D eigenvalue weighted by Crippen LogP contribution is 2.40. The zero-order chi connectivity index (χ0) is 29.8. The molecule has 1 aliphatic carbocycles. The van der Waals surface area contributed by atoms with Crippen molar-refractivity contribution in [2.45, 2.75) is 106 Å². The van der Waals surface area contributed by atoms with Crippen molar-refractivity contribution in [3.8, 4) is 11.1 Å². The first-order valence-corrected chi connectivity index (χ1v) is 16.8. The number of aryl methyl sites for hydroxylation is 2. The smallest absolute Gasteiger partial charge is 0.00701 e. The molecule has 0 fully saturated rings. The minimum atomic E-state index is 0.498. The summed E-state index contributed by atoms with van der Waals surface area (Å²) in [5.41, 5.74) is 11.8. The third-order valence-electron chi connectivity index (χ3n) is 9.51. The largest absolute Gasteiger partial charge is 0.0766 e. The van der Waals surface area contributed by atoms with E-state index < -0.39 is 0 Å². The summed E-state index contributed by atoms with van der Waals surface area (Å²) in [5.74, 6) is 1.61. The summed E-state index contributed by atoms with van der Waals surface area (Å²) in [6.07, 6.45) is 14.5. The van der Waals surface area contributed by atoms with E-state index in [1.54, 1.807) is 5.57 Å². The summed E-state index contributed by atoms with van der Waals surface area (Å²) in [6.45, 7) is 16.4. The monoisotopic (exact) mass is 556 g/mol. The summed E-state index contributed by atoms with van der Waals surface area (Å²) in [6, 6.07) is 24.1. The van der Waals surface area contributed by atoms with Gasteiger partial charge in [-0.1, -0.05) is 140 Å². The molecule has 0 atom stereocenters. The summed E-state index contributed by atoms with van der Waals surface area (Å²) >= 11 is 0. The van der Waals surface area contributed by atoms with Gasteiger partial charge in [0.15, 0.2) is 0 Å². The van der Waals surface area contributed by atoms with Crippen molar-refractivity contribution in [2.24, 2.45) is 11.8 Å². The van der Waals surface area contributed by atoms with Gasteiger partial charge in [-0.25, -0.2) is 0 Å². The average molecular weight is 557 g/mol. The molecule has 4 aromatic rings. The van der Waals surface area contributed by atoms with Gasteiger partial charge in [0, 0.05) is 0 Å². The van der Waals surface area contributed by atoms with Gasteiger partial charge >= 0.3 is 0 Å². The molecule has 0 radical (unpaired) electrons. The Bertz CT molecular complexity index is 1600. The van der Waals surface area contributed by atoms with Crippen LogP contribution in [-0.2, 0) is 19.3 Å². The van der Waals surface area contributed by atoms with Gasteiger partial charge in [0.05, 0.1) is 0 Å². The number of hydrogen-bond donors (Lipinski definition) is 0. The SMILES string of the molecule is CCCc1ccc2c(ccc3c4c(ccc32)CCCCCC(C(C)C)=CC(C(C)C)=CCc2ccc(C(C)C)cc2-4)c1. The van der Waals surface area contributed by atoms with E-state index in [1.807, 2.05) is 0 Å². The summed E-state index contributed by atoms with van der Waals surface area (Å²) in [7, 11) is 0. The lowest BCUT2D eigenvalue weighted by molar-refractivity contribution is 0.628. The second kappa shape index (κ2) is 13.5. The molecular formula is C42H52. The maximum atomic E-state index is 2.55. The Balaban J connectivity index is 1.76. The molecule has 220 valence electrons. The van der Waals surface area contributed by atoms with Crippen LogP contribution in [-0.4, -0.2) is 0 Å². The highest BCUT2D eigenvalue weighted by atomic mass is 14.2. The Morgan fingerprint density at radius 2 is 1.38 bits per heavy atom. The zero-order valence-electron chi connectivity index (χ0n) is 27.3. The molecule has 0 N–H and O–H groups in total. The van der Waals surface area contributed by atoms with E-state index in [0.717, 1.165) is 19.3 Å². The predicted octanol–water partition coefficient (Wildman–Crippen LogP) is 12.6. The molecular weight excluding hydrogens is 504 g/mol.